The fourth-order valence-corrected chi connectivity index (χ4v) is 3.85. The monoisotopic (exact) mass is 351 g/mol. The summed E-state index contributed by atoms with van der Waals surface area (Å²) in [6.45, 7) is 7.44. The van der Waals surface area contributed by atoms with Crippen LogP contribution in [-0.4, -0.2) is 81.1 Å². The molecule has 140 valence electrons. The molecule has 1 aromatic heterocycles. The number of hydrogen-bond donors (Lipinski definition) is 1. The lowest BCUT2D eigenvalue weighted by molar-refractivity contribution is -0.132. The number of aliphatic hydroxyl groups excluding tert-OH is 1. The van der Waals surface area contributed by atoms with Gasteiger partial charge in [0.15, 0.2) is 5.82 Å². The van der Waals surface area contributed by atoms with Crippen molar-refractivity contribution < 1.29 is 14.6 Å². The predicted octanol–water partition coefficient (Wildman–Crippen LogP) is 0.215. The molecule has 25 heavy (non-hydrogen) atoms. The standard InChI is InChI=1S/C17H29N5O3/c1-12(2)22-11-13(23)10-14(22)17-19-18-15-4-6-20(7-8-21(15)17)16(24)5-9-25-3/h12-14,23H,4-11H2,1-3H3/t13-,14+/m1/s1. The van der Waals surface area contributed by atoms with E-state index in [1.54, 1.807) is 7.11 Å². The normalized spacial score (nSPS) is 24.6. The topological polar surface area (TPSA) is 83.7 Å². The molecule has 1 aromatic rings. The molecule has 1 amide bonds. The van der Waals surface area contributed by atoms with Crippen LogP contribution in [0, 0.1) is 0 Å². The maximum Gasteiger partial charge on any atom is 0.224 e. The number of carbonyl (C=O) groups excluding carboxylic acids is 1. The van der Waals surface area contributed by atoms with E-state index >= 15 is 0 Å². The van der Waals surface area contributed by atoms with Gasteiger partial charge < -0.3 is 19.3 Å². The Labute approximate surface area is 148 Å². The number of aliphatic hydroxyl groups is 1. The van der Waals surface area contributed by atoms with Crippen LogP contribution < -0.4 is 0 Å². The van der Waals surface area contributed by atoms with Gasteiger partial charge in [-0.05, 0) is 20.3 Å². The molecule has 0 radical (unpaired) electrons. The number of carbonyl (C=O) groups is 1. The molecule has 2 aliphatic heterocycles. The third-order valence-corrected chi connectivity index (χ3v) is 5.21. The maximum absolute atomic E-state index is 12.3. The van der Waals surface area contributed by atoms with Gasteiger partial charge in [-0.3, -0.25) is 9.69 Å². The third-order valence-electron chi connectivity index (χ3n) is 5.21. The van der Waals surface area contributed by atoms with E-state index in [1.165, 1.54) is 0 Å². The number of aromatic nitrogens is 3. The molecular formula is C17H29N5O3. The number of hydrogen-bond acceptors (Lipinski definition) is 6. The molecule has 2 atom stereocenters. The lowest BCUT2D eigenvalue weighted by Crippen LogP contribution is -2.35. The first-order valence-electron chi connectivity index (χ1n) is 9.13. The Balaban J connectivity index is 1.74. The average molecular weight is 351 g/mol. The summed E-state index contributed by atoms with van der Waals surface area (Å²) in [5.41, 5.74) is 0. The number of rotatable bonds is 5. The van der Waals surface area contributed by atoms with Crippen molar-refractivity contribution in [2.45, 2.75) is 57.8 Å². The van der Waals surface area contributed by atoms with Gasteiger partial charge in [-0.1, -0.05) is 0 Å². The zero-order valence-corrected chi connectivity index (χ0v) is 15.4. The van der Waals surface area contributed by atoms with E-state index < -0.39 is 0 Å². The molecule has 2 aliphatic rings. The summed E-state index contributed by atoms with van der Waals surface area (Å²) < 4.78 is 7.16. The van der Waals surface area contributed by atoms with Crippen molar-refractivity contribution in [1.29, 1.82) is 0 Å². The van der Waals surface area contributed by atoms with Gasteiger partial charge >= 0.3 is 0 Å². The molecule has 0 aliphatic carbocycles. The van der Waals surface area contributed by atoms with Crippen LogP contribution in [0.5, 0.6) is 0 Å². The highest BCUT2D eigenvalue weighted by Gasteiger charge is 2.37. The van der Waals surface area contributed by atoms with Crippen molar-refractivity contribution in [3.05, 3.63) is 11.6 Å². The summed E-state index contributed by atoms with van der Waals surface area (Å²) in [6, 6.07) is 0.431. The summed E-state index contributed by atoms with van der Waals surface area (Å²) in [5.74, 6) is 1.98. The minimum atomic E-state index is -0.321. The van der Waals surface area contributed by atoms with E-state index in [9.17, 15) is 9.90 Å². The Morgan fingerprint density at radius 2 is 2.12 bits per heavy atom. The van der Waals surface area contributed by atoms with E-state index in [0.29, 0.717) is 58.1 Å². The Hall–Kier alpha value is -1.51. The number of nitrogens with zero attached hydrogens (tertiary/aromatic N) is 5. The Bertz CT molecular complexity index is 603. The molecule has 3 heterocycles. The first kappa shape index (κ1) is 18.3. The van der Waals surface area contributed by atoms with E-state index in [4.69, 9.17) is 4.74 Å². The van der Waals surface area contributed by atoms with Crippen LogP contribution in [0.25, 0.3) is 0 Å². The lowest BCUT2D eigenvalue weighted by Gasteiger charge is -2.27. The van der Waals surface area contributed by atoms with Gasteiger partial charge in [-0.25, -0.2) is 0 Å². The zero-order chi connectivity index (χ0) is 18.0. The number of likely N-dealkylation sites (tertiary alicyclic amines) is 1. The minimum Gasteiger partial charge on any atom is -0.392 e. The van der Waals surface area contributed by atoms with Crippen LogP contribution >= 0.6 is 0 Å². The largest absolute Gasteiger partial charge is 0.392 e. The fourth-order valence-electron chi connectivity index (χ4n) is 3.85. The SMILES string of the molecule is COCCC(=O)N1CCc2nnc([C@@H]3C[C@@H](O)CN3C(C)C)n2CC1. The number of fused-ring (bicyclic) bond motifs is 1. The van der Waals surface area contributed by atoms with Crippen LogP contribution in [0.15, 0.2) is 0 Å². The molecule has 0 aromatic carbocycles. The quantitative estimate of drug-likeness (QED) is 0.817. The number of methoxy groups -OCH3 is 1. The average Bonchev–Trinajstić information content (AvgIpc) is 3.09. The molecule has 1 N–H and O–H groups in total. The van der Waals surface area contributed by atoms with Gasteiger partial charge in [0.2, 0.25) is 5.91 Å². The minimum absolute atomic E-state index is 0.0898. The molecule has 3 rings (SSSR count). The molecule has 0 spiro atoms. The van der Waals surface area contributed by atoms with Gasteiger partial charge in [0.05, 0.1) is 25.2 Å². The van der Waals surface area contributed by atoms with Gasteiger partial charge in [0.1, 0.15) is 5.82 Å². The molecule has 1 fully saturated rings. The fraction of sp³-hybridized carbons (Fsp3) is 0.824. The van der Waals surface area contributed by atoms with Crippen LogP contribution in [0.1, 0.15) is 44.4 Å². The Morgan fingerprint density at radius 3 is 2.84 bits per heavy atom. The van der Waals surface area contributed by atoms with Crippen molar-refractivity contribution in [3.8, 4) is 0 Å². The third kappa shape index (κ3) is 3.86. The van der Waals surface area contributed by atoms with Crippen LogP contribution in [0.3, 0.4) is 0 Å². The highest BCUT2D eigenvalue weighted by molar-refractivity contribution is 5.76. The highest BCUT2D eigenvalue weighted by atomic mass is 16.5. The second-order valence-corrected chi connectivity index (χ2v) is 7.20. The maximum atomic E-state index is 12.3. The summed E-state index contributed by atoms with van der Waals surface area (Å²) in [4.78, 5) is 16.4. The van der Waals surface area contributed by atoms with Crippen molar-refractivity contribution in [1.82, 2.24) is 24.6 Å². The second kappa shape index (κ2) is 7.80. The second-order valence-electron chi connectivity index (χ2n) is 7.20. The number of amides is 1. The summed E-state index contributed by atoms with van der Waals surface area (Å²) in [5, 5.41) is 18.9. The molecule has 0 bridgehead atoms. The number of ether oxygens (including phenoxy) is 1. The van der Waals surface area contributed by atoms with Crippen LogP contribution in [-0.2, 0) is 22.5 Å². The van der Waals surface area contributed by atoms with Crippen molar-refractivity contribution >= 4 is 5.91 Å². The van der Waals surface area contributed by atoms with Crippen LogP contribution in [0.4, 0.5) is 0 Å². The molecule has 8 nitrogen and oxygen atoms in total. The van der Waals surface area contributed by atoms with Crippen LogP contribution in [0.2, 0.25) is 0 Å². The van der Waals surface area contributed by atoms with E-state index in [-0.39, 0.29) is 18.1 Å². The molecule has 0 saturated carbocycles. The first-order valence-corrected chi connectivity index (χ1v) is 9.13. The summed E-state index contributed by atoms with van der Waals surface area (Å²) in [7, 11) is 1.61. The van der Waals surface area contributed by atoms with Crippen molar-refractivity contribution in [3.63, 3.8) is 0 Å². The lowest BCUT2D eigenvalue weighted by atomic mass is 10.1. The Morgan fingerprint density at radius 1 is 1.32 bits per heavy atom. The number of β-amino-alcohol motifs (C(OH)–C–C–N with tert-alkyl or cyclic N) is 1. The predicted molar refractivity (Wildman–Crippen MR) is 92.0 cm³/mol. The molecular weight excluding hydrogens is 322 g/mol. The molecule has 0 unspecified atom stereocenters. The summed E-state index contributed by atoms with van der Waals surface area (Å²) in [6.07, 6.45) is 1.49. The van der Waals surface area contributed by atoms with E-state index in [2.05, 4.69) is 33.5 Å². The highest BCUT2D eigenvalue weighted by Crippen LogP contribution is 2.33. The molecule has 8 heteroatoms. The molecule has 1 saturated heterocycles. The zero-order valence-electron chi connectivity index (χ0n) is 15.4. The first-order chi connectivity index (χ1) is 12.0. The Kier molecular flexibility index (Phi) is 5.71. The van der Waals surface area contributed by atoms with E-state index in [0.717, 1.165) is 11.6 Å². The summed E-state index contributed by atoms with van der Waals surface area (Å²) >= 11 is 0. The van der Waals surface area contributed by atoms with Crippen molar-refractivity contribution in [2.75, 3.05) is 33.4 Å². The van der Waals surface area contributed by atoms with Crippen molar-refractivity contribution in [2.24, 2.45) is 0 Å². The van der Waals surface area contributed by atoms with Gasteiger partial charge in [0, 0.05) is 45.8 Å². The van der Waals surface area contributed by atoms with Gasteiger partial charge in [0.25, 0.3) is 0 Å². The van der Waals surface area contributed by atoms with E-state index in [1.807, 2.05) is 4.90 Å². The van der Waals surface area contributed by atoms with Gasteiger partial charge in [-0.15, -0.1) is 10.2 Å². The smallest absolute Gasteiger partial charge is 0.224 e. The van der Waals surface area contributed by atoms with Gasteiger partial charge in [-0.2, -0.15) is 0 Å².